The van der Waals surface area contributed by atoms with Gasteiger partial charge in [-0.05, 0) is 36.8 Å². The summed E-state index contributed by atoms with van der Waals surface area (Å²) >= 11 is 3.32. The molecule has 94 valence electrons. The fraction of sp³-hybridized carbons (Fsp3) is 0.214. The van der Waals surface area contributed by atoms with Crippen molar-refractivity contribution in [3.63, 3.8) is 0 Å². The molecule has 0 fully saturated rings. The third kappa shape index (κ3) is 3.07. The fourth-order valence-electron chi connectivity index (χ4n) is 1.61. The Balaban J connectivity index is 2.13. The van der Waals surface area contributed by atoms with Crippen LogP contribution in [0.4, 0.5) is 4.39 Å². The molecule has 0 radical (unpaired) electrons. The van der Waals surface area contributed by atoms with Crippen LogP contribution in [-0.4, -0.2) is 4.98 Å². The summed E-state index contributed by atoms with van der Waals surface area (Å²) in [5.74, 6) is 0.421. The molecule has 0 aliphatic heterocycles. The highest BCUT2D eigenvalue weighted by molar-refractivity contribution is 9.08. The van der Waals surface area contributed by atoms with Gasteiger partial charge in [-0.3, -0.25) is 4.98 Å². The fourth-order valence-corrected chi connectivity index (χ4v) is 2.05. The van der Waals surface area contributed by atoms with E-state index in [1.54, 1.807) is 12.3 Å². The number of aryl methyl sites for hydroxylation is 1. The maximum Gasteiger partial charge on any atom is 0.130 e. The predicted octanol–water partition coefficient (Wildman–Crippen LogP) is 4.00. The molecule has 0 aliphatic rings. The van der Waals surface area contributed by atoms with Crippen molar-refractivity contribution >= 4 is 15.9 Å². The van der Waals surface area contributed by atoms with Gasteiger partial charge in [-0.15, -0.1) is 0 Å². The lowest BCUT2D eigenvalue weighted by atomic mass is 10.2. The van der Waals surface area contributed by atoms with E-state index in [1.165, 1.54) is 12.1 Å². The molecule has 1 heterocycles. The molecule has 0 aliphatic carbocycles. The molecule has 0 N–H and O–H groups in total. The molecule has 0 saturated heterocycles. The standard InChI is InChI=1S/C14H13BrFNO/c1-10-3-2-6-17-13(10)9-18-14-5-4-12(16)7-11(14)8-15/h2-7H,8-9H2,1H3. The van der Waals surface area contributed by atoms with E-state index < -0.39 is 0 Å². The van der Waals surface area contributed by atoms with Gasteiger partial charge in [0.2, 0.25) is 0 Å². The summed E-state index contributed by atoms with van der Waals surface area (Å²) < 4.78 is 18.8. The highest BCUT2D eigenvalue weighted by atomic mass is 79.9. The normalized spacial score (nSPS) is 10.4. The maximum absolute atomic E-state index is 13.1. The zero-order valence-electron chi connectivity index (χ0n) is 9.99. The van der Waals surface area contributed by atoms with E-state index in [1.807, 2.05) is 19.1 Å². The Morgan fingerprint density at radius 3 is 2.89 bits per heavy atom. The number of hydrogen-bond acceptors (Lipinski definition) is 2. The molecule has 2 aromatic rings. The second-order valence-electron chi connectivity index (χ2n) is 3.94. The molecule has 0 unspecified atom stereocenters. The molecular formula is C14H13BrFNO. The molecule has 1 aromatic heterocycles. The molecule has 4 heteroatoms. The Bertz CT molecular complexity index is 545. The number of aromatic nitrogens is 1. The Morgan fingerprint density at radius 2 is 2.17 bits per heavy atom. The summed E-state index contributed by atoms with van der Waals surface area (Å²) in [5.41, 5.74) is 2.77. The lowest BCUT2D eigenvalue weighted by Crippen LogP contribution is -2.02. The number of hydrogen-bond donors (Lipinski definition) is 0. The van der Waals surface area contributed by atoms with Gasteiger partial charge in [0.05, 0.1) is 5.69 Å². The number of halogens is 2. The summed E-state index contributed by atoms with van der Waals surface area (Å²) in [6.45, 7) is 2.38. The Kier molecular flexibility index (Phi) is 4.31. The van der Waals surface area contributed by atoms with Crippen LogP contribution in [0.2, 0.25) is 0 Å². The average Bonchev–Trinajstić information content (AvgIpc) is 2.39. The van der Waals surface area contributed by atoms with E-state index in [0.29, 0.717) is 17.7 Å². The first-order valence-corrected chi connectivity index (χ1v) is 6.70. The number of benzene rings is 1. The van der Waals surface area contributed by atoms with Crippen molar-refractivity contribution in [2.75, 3.05) is 0 Å². The van der Waals surface area contributed by atoms with Crippen molar-refractivity contribution in [1.29, 1.82) is 0 Å². The van der Waals surface area contributed by atoms with Crippen LogP contribution in [-0.2, 0) is 11.9 Å². The quantitative estimate of drug-likeness (QED) is 0.796. The zero-order valence-corrected chi connectivity index (χ0v) is 11.6. The van der Waals surface area contributed by atoms with Gasteiger partial charge >= 0.3 is 0 Å². The van der Waals surface area contributed by atoms with Gasteiger partial charge in [0.15, 0.2) is 0 Å². The van der Waals surface area contributed by atoms with Crippen molar-refractivity contribution in [1.82, 2.24) is 4.98 Å². The van der Waals surface area contributed by atoms with Gasteiger partial charge in [0.25, 0.3) is 0 Å². The molecule has 0 atom stereocenters. The topological polar surface area (TPSA) is 22.1 Å². The van der Waals surface area contributed by atoms with Crippen molar-refractivity contribution in [2.45, 2.75) is 18.9 Å². The Hall–Kier alpha value is -1.42. The van der Waals surface area contributed by atoms with Crippen LogP contribution >= 0.6 is 15.9 Å². The lowest BCUT2D eigenvalue weighted by molar-refractivity contribution is 0.297. The number of pyridine rings is 1. The van der Waals surface area contributed by atoms with E-state index in [-0.39, 0.29) is 5.82 Å². The molecule has 18 heavy (non-hydrogen) atoms. The van der Waals surface area contributed by atoms with E-state index in [4.69, 9.17) is 4.74 Å². The van der Waals surface area contributed by atoms with E-state index >= 15 is 0 Å². The van der Waals surface area contributed by atoms with Crippen molar-refractivity contribution in [3.8, 4) is 5.75 Å². The molecule has 0 spiro atoms. The smallest absolute Gasteiger partial charge is 0.130 e. The van der Waals surface area contributed by atoms with Crippen molar-refractivity contribution < 1.29 is 9.13 Å². The van der Waals surface area contributed by atoms with Crippen LogP contribution in [0.5, 0.6) is 5.75 Å². The van der Waals surface area contributed by atoms with Crippen molar-refractivity contribution in [2.24, 2.45) is 0 Å². The number of alkyl halides is 1. The monoisotopic (exact) mass is 309 g/mol. The number of nitrogens with zero attached hydrogens (tertiary/aromatic N) is 1. The molecule has 2 nitrogen and oxygen atoms in total. The van der Waals surface area contributed by atoms with Crippen LogP contribution in [0.15, 0.2) is 36.5 Å². The van der Waals surface area contributed by atoms with E-state index in [2.05, 4.69) is 20.9 Å². The Labute approximate surface area is 114 Å². The highest BCUT2D eigenvalue weighted by Crippen LogP contribution is 2.23. The SMILES string of the molecule is Cc1cccnc1COc1ccc(F)cc1CBr. The van der Waals surface area contributed by atoms with Crippen molar-refractivity contribution in [3.05, 3.63) is 59.2 Å². The molecular weight excluding hydrogens is 297 g/mol. The lowest BCUT2D eigenvalue weighted by Gasteiger charge is -2.10. The van der Waals surface area contributed by atoms with Gasteiger partial charge in [0.1, 0.15) is 18.2 Å². The predicted molar refractivity (Wildman–Crippen MR) is 72.3 cm³/mol. The summed E-state index contributed by atoms with van der Waals surface area (Å²) in [7, 11) is 0. The van der Waals surface area contributed by atoms with E-state index in [0.717, 1.165) is 16.8 Å². The summed E-state index contributed by atoms with van der Waals surface area (Å²) in [4.78, 5) is 4.26. The first kappa shape index (κ1) is 13.0. The third-order valence-corrected chi connectivity index (χ3v) is 3.25. The Morgan fingerprint density at radius 1 is 1.33 bits per heavy atom. The van der Waals surface area contributed by atoms with Gasteiger partial charge in [-0.25, -0.2) is 4.39 Å². The van der Waals surface area contributed by atoms with Gasteiger partial charge in [-0.1, -0.05) is 22.0 Å². The largest absolute Gasteiger partial charge is 0.487 e. The van der Waals surface area contributed by atoms with Crippen LogP contribution in [0.1, 0.15) is 16.8 Å². The summed E-state index contributed by atoms with van der Waals surface area (Å²) in [5, 5.41) is 0.557. The summed E-state index contributed by atoms with van der Waals surface area (Å²) in [6, 6.07) is 8.38. The minimum absolute atomic E-state index is 0.259. The first-order valence-electron chi connectivity index (χ1n) is 5.58. The van der Waals surface area contributed by atoms with Gasteiger partial charge in [0, 0.05) is 17.1 Å². The second-order valence-corrected chi connectivity index (χ2v) is 4.50. The number of ether oxygens (including phenoxy) is 1. The number of rotatable bonds is 4. The first-order chi connectivity index (χ1) is 8.70. The van der Waals surface area contributed by atoms with Crippen LogP contribution in [0.3, 0.4) is 0 Å². The average molecular weight is 310 g/mol. The maximum atomic E-state index is 13.1. The minimum Gasteiger partial charge on any atom is -0.487 e. The molecule has 0 bridgehead atoms. The summed E-state index contributed by atoms with van der Waals surface area (Å²) in [6.07, 6.45) is 1.74. The van der Waals surface area contributed by atoms with E-state index in [9.17, 15) is 4.39 Å². The zero-order chi connectivity index (χ0) is 13.0. The second kappa shape index (κ2) is 5.96. The highest BCUT2D eigenvalue weighted by Gasteiger charge is 2.06. The van der Waals surface area contributed by atoms with Crippen LogP contribution in [0, 0.1) is 12.7 Å². The minimum atomic E-state index is -0.259. The molecule has 0 saturated carbocycles. The van der Waals surface area contributed by atoms with Gasteiger partial charge in [-0.2, -0.15) is 0 Å². The van der Waals surface area contributed by atoms with Crippen LogP contribution < -0.4 is 4.74 Å². The molecule has 1 aromatic carbocycles. The van der Waals surface area contributed by atoms with Gasteiger partial charge < -0.3 is 4.74 Å². The van der Waals surface area contributed by atoms with Crippen LogP contribution in [0.25, 0.3) is 0 Å². The molecule has 2 rings (SSSR count). The third-order valence-electron chi connectivity index (χ3n) is 2.65. The molecule has 0 amide bonds.